The third-order valence-corrected chi connectivity index (χ3v) is 3.63. The van der Waals surface area contributed by atoms with Gasteiger partial charge in [-0.15, -0.1) is 11.3 Å². The number of aromatic nitrogens is 1. The largest absolute Gasteiger partial charge is 0.484 e. The minimum Gasteiger partial charge on any atom is -0.484 e. The van der Waals surface area contributed by atoms with E-state index < -0.39 is 0 Å². The van der Waals surface area contributed by atoms with Gasteiger partial charge in [0.05, 0.1) is 17.2 Å². The normalized spacial score (nSPS) is 10.2. The number of benzene rings is 1. The van der Waals surface area contributed by atoms with Crippen molar-refractivity contribution >= 4 is 17.2 Å². The van der Waals surface area contributed by atoms with Crippen LogP contribution in [0.1, 0.15) is 15.6 Å². The second kappa shape index (κ2) is 6.33. The summed E-state index contributed by atoms with van der Waals surface area (Å²) in [5.41, 5.74) is 0.978. The minimum atomic E-state index is -0.130. The van der Waals surface area contributed by atoms with Crippen LogP contribution in [0.15, 0.2) is 30.3 Å². The van der Waals surface area contributed by atoms with Crippen LogP contribution in [-0.2, 0) is 11.3 Å². The molecule has 1 aromatic heterocycles. The SMILES string of the molecule is Cc1nc(C)c(CNC(=O)COc2ccccc2)s1. The molecule has 0 unspecified atom stereocenters. The zero-order valence-corrected chi connectivity index (χ0v) is 11.8. The van der Waals surface area contributed by atoms with Crippen LogP contribution in [-0.4, -0.2) is 17.5 Å². The lowest BCUT2D eigenvalue weighted by molar-refractivity contribution is -0.123. The van der Waals surface area contributed by atoms with Crippen LogP contribution in [0.3, 0.4) is 0 Å². The Labute approximate surface area is 116 Å². The highest BCUT2D eigenvalue weighted by Crippen LogP contribution is 2.16. The van der Waals surface area contributed by atoms with Crippen LogP contribution in [0.2, 0.25) is 0 Å². The van der Waals surface area contributed by atoms with E-state index >= 15 is 0 Å². The van der Waals surface area contributed by atoms with Crippen molar-refractivity contribution in [1.82, 2.24) is 10.3 Å². The van der Waals surface area contributed by atoms with E-state index in [2.05, 4.69) is 10.3 Å². The molecular formula is C14H16N2O2S. The number of ether oxygens (including phenoxy) is 1. The third-order valence-electron chi connectivity index (χ3n) is 2.56. The van der Waals surface area contributed by atoms with Gasteiger partial charge in [0.2, 0.25) is 0 Å². The predicted octanol–water partition coefficient (Wildman–Crippen LogP) is 2.46. The number of rotatable bonds is 5. The van der Waals surface area contributed by atoms with Crippen molar-refractivity contribution in [3.05, 3.63) is 45.9 Å². The molecule has 0 saturated heterocycles. The van der Waals surface area contributed by atoms with Crippen molar-refractivity contribution < 1.29 is 9.53 Å². The number of thiazole rings is 1. The molecule has 0 aliphatic rings. The first-order valence-corrected chi connectivity index (χ1v) is 6.84. The van der Waals surface area contributed by atoms with Crippen LogP contribution >= 0.6 is 11.3 Å². The fraction of sp³-hybridized carbons (Fsp3) is 0.286. The first-order chi connectivity index (χ1) is 9.15. The van der Waals surface area contributed by atoms with E-state index in [0.29, 0.717) is 12.3 Å². The molecule has 0 aliphatic carbocycles. The van der Waals surface area contributed by atoms with Crippen molar-refractivity contribution in [3.63, 3.8) is 0 Å². The molecule has 5 heteroatoms. The highest BCUT2D eigenvalue weighted by molar-refractivity contribution is 7.11. The summed E-state index contributed by atoms with van der Waals surface area (Å²) < 4.78 is 5.37. The molecule has 1 aromatic carbocycles. The van der Waals surface area contributed by atoms with Gasteiger partial charge in [-0.1, -0.05) is 18.2 Å². The zero-order valence-electron chi connectivity index (χ0n) is 11.0. The van der Waals surface area contributed by atoms with Gasteiger partial charge in [0.1, 0.15) is 5.75 Å². The van der Waals surface area contributed by atoms with Gasteiger partial charge in [0.25, 0.3) is 5.91 Å². The molecule has 2 aromatic rings. The third kappa shape index (κ3) is 4.06. The Bertz CT molecular complexity index is 552. The van der Waals surface area contributed by atoms with E-state index in [4.69, 9.17) is 4.74 Å². The van der Waals surface area contributed by atoms with Crippen LogP contribution in [0.4, 0.5) is 0 Å². The Morgan fingerprint density at radius 3 is 2.68 bits per heavy atom. The van der Waals surface area contributed by atoms with Gasteiger partial charge in [0, 0.05) is 4.88 Å². The van der Waals surface area contributed by atoms with Crippen LogP contribution in [0, 0.1) is 13.8 Å². The topological polar surface area (TPSA) is 51.2 Å². The van der Waals surface area contributed by atoms with E-state index in [9.17, 15) is 4.79 Å². The molecule has 0 aliphatic heterocycles. The first-order valence-electron chi connectivity index (χ1n) is 6.02. The summed E-state index contributed by atoms with van der Waals surface area (Å²) in [5.74, 6) is 0.566. The lowest BCUT2D eigenvalue weighted by Gasteiger charge is -2.06. The molecule has 1 amide bonds. The molecule has 0 fully saturated rings. The maximum Gasteiger partial charge on any atom is 0.258 e. The molecule has 0 atom stereocenters. The average Bonchev–Trinajstić information content (AvgIpc) is 2.73. The number of amides is 1. The van der Waals surface area contributed by atoms with Gasteiger partial charge in [-0.05, 0) is 26.0 Å². The minimum absolute atomic E-state index is 0.0286. The quantitative estimate of drug-likeness (QED) is 0.912. The van der Waals surface area contributed by atoms with Crippen molar-refractivity contribution in [1.29, 1.82) is 0 Å². The number of hydrogen-bond donors (Lipinski definition) is 1. The van der Waals surface area contributed by atoms with E-state index in [0.717, 1.165) is 15.6 Å². The van der Waals surface area contributed by atoms with E-state index in [1.54, 1.807) is 11.3 Å². The Morgan fingerprint density at radius 1 is 1.32 bits per heavy atom. The van der Waals surface area contributed by atoms with Gasteiger partial charge in [-0.25, -0.2) is 4.98 Å². The lowest BCUT2D eigenvalue weighted by Crippen LogP contribution is -2.28. The van der Waals surface area contributed by atoms with Crippen molar-refractivity contribution in [2.45, 2.75) is 20.4 Å². The second-order valence-electron chi connectivity index (χ2n) is 4.12. The lowest BCUT2D eigenvalue weighted by atomic mass is 10.3. The summed E-state index contributed by atoms with van der Waals surface area (Å²) in [5, 5.41) is 3.85. The molecule has 1 N–H and O–H groups in total. The monoisotopic (exact) mass is 276 g/mol. The average molecular weight is 276 g/mol. The molecule has 4 nitrogen and oxygen atoms in total. The number of nitrogens with one attached hydrogen (secondary N) is 1. The van der Waals surface area contributed by atoms with Gasteiger partial charge in [-0.2, -0.15) is 0 Å². The van der Waals surface area contributed by atoms with E-state index in [1.807, 2.05) is 44.2 Å². The fourth-order valence-corrected chi connectivity index (χ4v) is 2.51. The number of carbonyl (C=O) groups is 1. The van der Waals surface area contributed by atoms with Gasteiger partial charge >= 0.3 is 0 Å². The van der Waals surface area contributed by atoms with Gasteiger partial charge in [0.15, 0.2) is 6.61 Å². The number of nitrogens with zero attached hydrogens (tertiary/aromatic N) is 1. The summed E-state index contributed by atoms with van der Waals surface area (Å²) >= 11 is 1.60. The maximum atomic E-state index is 11.7. The molecule has 0 saturated carbocycles. The molecule has 1 heterocycles. The number of carbonyl (C=O) groups excluding carboxylic acids is 1. The summed E-state index contributed by atoms with van der Waals surface area (Å²) in [4.78, 5) is 17.1. The molecule has 2 rings (SSSR count). The maximum absolute atomic E-state index is 11.7. The molecule has 0 radical (unpaired) electrons. The van der Waals surface area contributed by atoms with Crippen molar-refractivity contribution in [3.8, 4) is 5.75 Å². The molecule has 100 valence electrons. The van der Waals surface area contributed by atoms with E-state index in [-0.39, 0.29) is 12.5 Å². The molecule has 0 spiro atoms. The van der Waals surface area contributed by atoms with Crippen LogP contribution in [0.25, 0.3) is 0 Å². The van der Waals surface area contributed by atoms with Crippen LogP contribution in [0.5, 0.6) is 5.75 Å². The highest BCUT2D eigenvalue weighted by Gasteiger charge is 2.07. The molecule has 0 bridgehead atoms. The van der Waals surface area contributed by atoms with Gasteiger partial charge < -0.3 is 10.1 Å². The second-order valence-corrected chi connectivity index (χ2v) is 5.41. The zero-order chi connectivity index (χ0) is 13.7. The van der Waals surface area contributed by atoms with Crippen molar-refractivity contribution in [2.24, 2.45) is 0 Å². The Kier molecular flexibility index (Phi) is 4.52. The van der Waals surface area contributed by atoms with E-state index in [1.165, 1.54) is 0 Å². The van der Waals surface area contributed by atoms with Crippen molar-refractivity contribution in [2.75, 3.05) is 6.61 Å². The summed E-state index contributed by atoms with van der Waals surface area (Å²) in [6, 6.07) is 9.29. The Hall–Kier alpha value is -1.88. The standard InChI is InChI=1S/C14H16N2O2S/c1-10-13(19-11(2)16-10)8-15-14(17)9-18-12-6-4-3-5-7-12/h3-7H,8-9H2,1-2H3,(H,15,17). The van der Waals surface area contributed by atoms with Crippen LogP contribution < -0.4 is 10.1 Å². The number of hydrogen-bond acceptors (Lipinski definition) is 4. The number of para-hydroxylation sites is 1. The summed E-state index contributed by atoms with van der Waals surface area (Å²) in [7, 11) is 0. The fourth-order valence-electron chi connectivity index (χ4n) is 1.63. The predicted molar refractivity (Wildman–Crippen MR) is 75.4 cm³/mol. The Morgan fingerprint density at radius 2 is 2.05 bits per heavy atom. The van der Waals surface area contributed by atoms with Gasteiger partial charge in [-0.3, -0.25) is 4.79 Å². The number of aryl methyl sites for hydroxylation is 2. The first kappa shape index (κ1) is 13.5. The summed E-state index contributed by atoms with van der Waals surface area (Å²) in [6.07, 6.45) is 0. The molecular weight excluding hydrogens is 260 g/mol. The highest BCUT2D eigenvalue weighted by atomic mass is 32.1. The molecule has 19 heavy (non-hydrogen) atoms. The smallest absolute Gasteiger partial charge is 0.258 e. The Balaban J connectivity index is 1.77. The summed E-state index contributed by atoms with van der Waals surface area (Å²) in [6.45, 7) is 4.45.